The number of amides is 2. The van der Waals surface area contributed by atoms with Gasteiger partial charge < -0.3 is 19.2 Å². The second-order valence-electron chi connectivity index (χ2n) is 9.11. The molecule has 38 heavy (non-hydrogen) atoms. The van der Waals surface area contributed by atoms with Gasteiger partial charge in [-0.05, 0) is 24.3 Å². The van der Waals surface area contributed by atoms with Gasteiger partial charge in [0, 0.05) is 44.0 Å². The number of rotatable bonds is 9. The van der Waals surface area contributed by atoms with Crippen LogP contribution >= 0.6 is 0 Å². The second kappa shape index (κ2) is 10.9. The van der Waals surface area contributed by atoms with Crippen molar-refractivity contribution >= 4 is 23.4 Å². The van der Waals surface area contributed by atoms with Crippen molar-refractivity contribution in [3.8, 4) is 11.1 Å². The van der Waals surface area contributed by atoms with E-state index >= 15 is 4.39 Å². The molecule has 2 amide bonds. The summed E-state index contributed by atoms with van der Waals surface area (Å²) in [6, 6.07) is 8.09. The fourth-order valence-corrected chi connectivity index (χ4v) is 4.07. The number of likely N-dealkylation sites (N-methyl/N-ethyl adjacent to an activating group) is 1. The Bertz CT molecular complexity index is 1330. The molecular formula is C25H26FN7O5. The Hall–Kier alpha value is -4.39. The Kier molecular flexibility index (Phi) is 7.26. The number of hydrogen-bond acceptors (Lipinski definition) is 9. The molecule has 0 aliphatic carbocycles. The zero-order valence-electron chi connectivity index (χ0n) is 20.9. The Morgan fingerprint density at radius 2 is 2.11 bits per heavy atom. The molecule has 2 aromatic heterocycles. The van der Waals surface area contributed by atoms with Gasteiger partial charge in [-0.15, -0.1) is 5.10 Å². The summed E-state index contributed by atoms with van der Waals surface area (Å²) in [6.45, 7) is 0.840. The highest BCUT2D eigenvalue weighted by molar-refractivity contribution is 5.99. The highest BCUT2D eigenvalue weighted by atomic mass is 19.1. The molecule has 1 fully saturated rings. The van der Waals surface area contributed by atoms with Gasteiger partial charge in [-0.2, -0.15) is 0 Å². The van der Waals surface area contributed by atoms with Crippen molar-refractivity contribution in [2.24, 2.45) is 5.16 Å². The maximum Gasteiger partial charge on any atom is 0.414 e. The fourth-order valence-electron chi connectivity index (χ4n) is 4.07. The Labute approximate surface area is 217 Å². The standard InChI is InChI=1S/C25H26FN7O5/c1-31(2)24(34)15-36-14-18-10-23(29-38-18)22-6-3-16(11-27-22)20-5-4-17(9-21(20)26)33-13-19(37-25(33)35)12-32-8-7-28-30-32/h3-9,11,18-19H,10,12-15H2,1-2H3/t18-,19-/m0/s1. The summed E-state index contributed by atoms with van der Waals surface area (Å²) in [5.41, 5.74) is 2.58. The molecule has 2 aliphatic heterocycles. The maximum atomic E-state index is 15.1. The first-order valence-electron chi connectivity index (χ1n) is 12.0. The van der Waals surface area contributed by atoms with Crippen LogP contribution in [0, 0.1) is 5.82 Å². The average Bonchev–Trinajstić information content (AvgIpc) is 3.66. The van der Waals surface area contributed by atoms with Crippen molar-refractivity contribution in [1.82, 2.24) is 24.9 Å². The van der Waals surface area contributed by atoms with Crippen LogP contribution in [0.25, 0.3) is 11.1 Å². The Morgan fingerprint density at radius 3 is 2.82 bits per heavy atom. The summed E-state index contributed by atoms with van der Waals surface area (Å²) in [7, 11) is 3.33. The van der Waals surface area contributed by atoms with E-state index in [0.29, 0.717) is 41.2 Å². The van der Waals surface area contributed by atoms with Crippen LogP contribution in [-0.2, 0) is 25.7 Å². The molecule has 0 bridgehead atoms. The minimum absolute atomic E-state index is 0.0258. The lowest BCUT2D eigenvalue weighted by atomic mass is 10.0. The third-order valence-electron chi connectivity index (χ3n) is 6.13. The summed E-state index contributed by atoms with van der Waals surface area (Å²) in [5.74, 6) is -0.620. The molecule has 0 N–H and O–H groups in total. The van der Waals surface area contributed by atoms with E-state index in [2.05, 4.69) is 20.5 Å². The van der Waals surface area contributed by atoms with E-state index < -0.39 is 18.0 Å². The number of halogens is 1. The first-order chi connectivity index (χ1) is 18.4. The molecular weight excluding hydrogens is 497 g/mol. The Morgan fingerprint density at radius 1 is 1.24 bits per heavy atom. The fraction of sp³-hybridized carbons (Fsp3) is 0.360. The number of nitrogens with zero attached hydrogens (tertiary/aromatic N) is 7. The van der Waals surface area contributed by atoms with E-state index in [0.717, 1.165) is 0 Å². The minimum Gasteiger partial charge on any atom is -0.442 e. The van der Waals surface area contributed by atoms with E-state index in [-0.39, 0.29) is 31.8 Å². The van der Waals surface area contributed by atoms with Crippen molar-refractivity contribution < 1.29 is 28.3 Å². The summed E-state index contributed by atoms with van der Waals surface area (Å²) in [4.78, 5) is 36.6. The number of cyclic esters (lactones) is 1. The molecule has 12 nitrogen and oxygen atoms in total. The lowest BCUT2D eigenvalue weighted by molar-refractivity contribution is -0.134. The van der Waals surface area contributed by atoms with Gasteiger partial charge in [-0.25, -0.2) is 13.9 Å². The molecule has 1 aromatic carbocycles. The molecule has 2 aliphatic rings. The number of carbonyl (C=O) groups is 2. The van der Waals surface area contributed by atoms with Gasteiger partial charge in [0.25, 0.3) is 0 Å². The predicted octanol–water partition coefficient (Wildman–Crippen LogP) is 2.10. The number of pyridine rings is 1. The zero-order chi connectivity index (χ0) is 26.6. The number of hydrogen-bond donors (Lipinski definition) is 0. The number of aromatic nitrogens is 4. The van der Waals surface area contributed by atoms with Crippen LogP contribution in [0.2, 0.25) is 0 Å². The third kappa shape index (κ3) is 5.62. The normalized spacial score (nSPS) is 18.8. The van der Waals surface area contributed by atoms with Gasteiger partial charge in [0.15, 0.2) is 6.10 Å². The smallest absolute Gasteiger partial charge is 0.414 e. The monoisotopic (exact) mass is 523 g/mol. The van der Waals surface area contributed by atoms with Crippen molar-refractivity contribution in [3.05, 3.63) is 60.4 Å². The highest BCUT2D eigenvalue weighted by Gasteiger charge is 2.33. The highest BCUT2D eigenvalue weighted by Crippen LogP contribution is 2.29. The minimum atomic E-state index is -0.541. The number of oxime groups is 1. The first kappa shape index (κ1) is 25.3. The summed E-state index contributed by atoms with van der Waals surface area (Å²) >= 11 is 0. The van der Waals surface area contributed by atoms with Crippen molar-refractivity contribution in [2.75, 3.05) is 38.8 Å². The second-order valence-corrected chi connectivity index (χ2v) is 9.11. The maximum absolute atomic E-state index is 15.1. The molecule has 198 valence electrons. The van der Waals surface area contributed by atoms with Crippen molar-refractivity contribution in [1.29, 1.82) is 0 Å². The van der Waals surface area contributed by atoms with E-state index in [4.69, 9.17) is 14.3 Å². The van der Waals surface area contributed by atoms with E-state index in [1.165, 1.54) is 15.9 Å². The van der Waals surface area contributed by atoms with Crippen molar-refractivity contribution in [2.45, 2.75) is 25.2 Å². The van der Waals surface area contributed by atoms with Crippen LogP contribution in [0.5, 0.6) is 0 Å². The van der Waals surface area contributed by atoms with Crippen LogP contribution in [0.1, 0.15) is 12.1 Å². The molecule has 0 unspecified atom stereocenters. The largest absolute Gasteiger partial charge is 0.442 e. The van der Waals surface area contributed by atoms with Gasteiger partial charge in [-0.3, -0.25) is 14.7 Å². The van der Waals surface area contributed by atoms with Gasteiger partial charge in [-0.1, -0.05) is 16.4 Å². The number of ether oxygens (including phenoxy) is 2. The number of carbonyl (C=O) groups excluding carboxylic acids is 2. The molecule has 2 atom stereocenters. The molecule has 4 heterocycles. The molecule has 5 rings (SSSR count). The summed E-state index contributed by atoms with van der Waals surface area (Å²) < 4.78 is 27.5. The molecule has 13 heteroatoms. The third-order valence-corrected chi connectivity index (χ3v) is 6.13. The average molecular weight is 524 g/mol. The van der Waals surface area contributed by atoms with Gasteiger partial charge >= 0.3 is 6.09 Å². The zero-order valence-corrected chi connectivity index (χ0v) is 20.9. The van der Waals surface area contributed by atoms with Gasteiger partial charge in [0.1, 0.15) is 24.2 Å². The molecule has 0 spiro atoms. The molecule has 3 aromatic rings. The quantitative estimate of drug-likeness (QED) is 0.418. The van der Waals surface area contributed by atoms with Gasteiger partial charge in [0.05, 0.1) is 37.3 Å². The summed E-state index contributed by atoms with van der Waals surface area (Å²) in [5, 5.41) is 11.7. The van der Waals surface area contributed by atoms with E-state index in [1.807, 2.05) is 0 Å². The van der Waals surface area contributed by atoms with Crippen LogP contribution in [0.3, 0.4) is 0 Å². The first-order valence-corrected chi connectivity index (χ1v) is 12.0. The van der Waals surface area contributed by atoms with E-state index in [1.54, 1.807) is 61.6 Å². The number of anilines is 1. The van der Waals surface area contributed by atoms with Crippen molar-refractivity contribution in [3.63, 3.8) is 0 Å². The van der Waals surface area contributed by atoms with Crippen LogP contribution < -0.4 is 4.90 Å². The lowest BCUT2D eigenvalue weighted by Crippen LogP contribution is -2.28. The molecule has 0 saturated carbocycles. The van der Waals surface area contributed by atoms with Crippen LogP contribution in [-0.4, -0.2) is 88.7 Å². The summed E-state index contributed by atoms with van der Waals surface area (Å²) in [6.07, 6.45) is 4.01. The van der Waals surface area contributed by atoms with Gasteiger partial charge in [0.2, 0.25) is 5.91 Å². The lowest BCUT2D eigenvalue weighted by Gasteiger charge is -2.14. The van der Waals surface area contributed by atoms with Crippen LogP contribution in [0.15, 0.2) is 54.1 Å². The SMILES string of the molecule is CN(C)C(=O)COC[C@@H]1CC(c2ccc(-c3ccc(N4C[C@H](Cn5ccnn5)OC4=O)cc3F)cn2)=NO1. The predicted molar refractivity (Wildman–Crippen MR) is 133 cm³/mol. The van der Waals surface area contributed by atoms with E-state index in [9.17, 15) is 9.59 Å². The Balaban J connectivity index is 1.18. The molecule has 0 radical (unpaired) electrons. The van der Waals surface area contributed by atoms with Crippen LogP contribution in [0.4, 0.5) is 14.9 Å². The topological polar surface area (TPSA) is 124 Å². The molecule has 1 saturated heterocycles. The number of benzene rings is 1.